The Bertz CT molecular complexity index is 457. The molecule has 0 radical (unpaired) electrons. The fraction of sp³-hybridized carbons (Fsp3) is 0.333. The van der Waals surface area contributed by atoms with Gasteiger partial charge in [-0.1, -0.05) is 60.7 Å². The third-order valence-corrected chi connectivity index (χ3v) is 3.43. The quantitative estimate of drug-likeness (QED) is 0.540. The van der Waals surface area contributed by atoms with Crippen molar-refractivity contribution in [1.82, 2.24) is 0 Å². The molecule has 0 atom stereocenters. The van der Waals surface area contributed by atoms with Crippen molar-refractivity contribution < 1.29 is 14.3 Å². The first-order chi connectivity index (χ1) is 10.8. The van der Waals surface area contributed by atoms with Crippen LogP contribution in [0.15, 0.2) is 60.7 Å². The minimum atomic E-state index is -1.12. The van der Waals surface area contributed by atoms with Gasteiger partial charge in [-0.15, -0.1) is 0 Å². The average Bonchev–Trinajstić information content (AvgIpc) is 2.57. The Labute approximate surface area is 133 Å². The van der Waals surface area contributed by atoms with E-state index in [0.29, 0.717) is 13.2 Å². The highest BCUT2D eigenvalue weighted by molar-refractivity contribution is 6.34. The molecule has 0 bridgehead atoms. The van der Waals surface area contributed by atoms with Crippen LogP contribution >= 0.6 is 0 Å². The second-order valence-electron chi connectivity index (χ2n) is 5.23. The highest BCUT2D eigenvalue weighted by Crippen LogP contribution is 2.04. The maximum absolute atomic E-state index is 9.60. The number of aryl methyl sites for hydroxylation is 2. The molecule has 0 spiro atoms. The average molecular weight is 298 g/mol. The van der Waals surface area contributed by atoms with Crippen molar-refractivity contribution in [2.45, 2.75) is 25.7 Å². The molecule has 4 heteroatoms. The van der Waals surface area contributed by atoms with Crippen LogP contribution in [0.4, 0.5) is 0 Å². The van der Waals surface area contributed by atoms with Crippen molar-refractivity contribution in [1.29, 1.82) is 0 Å². The van der Waals surface area contributed by atoms with Gasteiger partial charge in [0.15, 0.2) is 0 Å². The van der Waals surface area contributed by atoms with Gasteiger partial charge in [-0.2, -0.15) is 0 Å². The lowest BCUT2D eigenvalue weighted by molar-refractivity contribution is 0.130. The summed E-state index contributed by atoms with van der Waals surface area (Å²) in [4.78, 5) is 0. The van der Waals surface area contributed by atoms with E-state index in [-0.39, 0.29) is 0 Å². The van der Waals surface area contributed by atoms with E-state index >= 15 is 0 Å². The van der Waals surface area contributed by atoms with Crippen LogP contribution in [-0.2, 0) is 22.2 Å². The summed E-state index contributed by atoms with van der Waals surface area (Å²) >= 11 is 0. The van der Waals surface area contributed by atoms with E-state index in [1.807, 2.05) is 36.4 Å². The van der Waals surface area contributed by atoms with E-state index in [0.717, 1.165) is 25.7 Å². The molecule has 0 aromatic heterocycles. The first-order valence-corrected chi connectivity index (χ1v) is 7.84. The second-order valence-corrected chi connectivity index (χ2v) is 5.23. The van der Waals surface area contributed by atoms with E-state index in [9.17, 15) is 5.02 Å². The third-order valence-electron chi connectivity index (χ3n) is 3.43. The van der Waals surface area contributed by atoms with Gasteiger partial charge in [0.2, 0.25) is 0 Å². The molecule has 0 aliphatic heterocycles. The summed E-state index contributed by atoms with van der Waals surface area (Å²) in [5.41, 5.74) is 2.56. The zero-order chi connectivity index (χ0) is 15.5. The number of benzene rings is 2. The largest absolute Gasteiger partial charge is 0.636 e. The Morgan fingerprint density at radius 1 is 0.682 bits per heavy atom. The highest BCUT2D eigenvalue weighted by Gasteiger charge is 2.14. The van der Waals surface area contributed by atoms with Gasteiger partial charge < -0.3 is 14.3 Å². The molecule has 1 N–H and O–H groups in total. The first kappa shape index (κ1) is 16.8. The van der Waals surface area contributed by atoms with Gasteiger partial charge in [-0.25, -0.2) is 0 Å². The summed E-state index contributed by atoms with van der Waals surface area (Å²) in [5.74, 6) is 0. The summed E-state index contributed by atoms with van der Waals surface area (Å²) in [5, 5.41) is 9.60. The molecule has 0 amide bonds. The fourth-order valence-corrected chi connectivity index (χ4v) is 2.26. The van der Waals surface area contributed by atoms with E-state index in [4.69, 9.17) is 9.31 Å². The van der Waals surface area contributed by atoms with E-state index in [1.165, 1.54) is 11.1 Å². The molecule has 116 valence electrons. The molecule has 0 aliphatic rings. The Kier molecular flexibility index (Phi) is 7.74. The van der Waals surface area contributed by atoms with Crippen molar-refractivity contribution in [2.24, 2.45) is 0 Å². The lowest BCUT2D eigenvalue weighted by Crippen LogP contribution is -2.24. The molecular weight excluding hydrogens is 275 g/mol. The van der Waals surface area contributed by atoms with Crippen LogP contribution in [0.2, 0.25) is 0 Å². The number of rotatable bonds is 10. The minimum Gasteiger partial charge on any atom is -0.402 e. The van der Waals surface area contributed by atoms with Gasteiger partial charge in [0.25, 0.3) is 0 Å². The normalized spacial score (nSPS) is 10.6. The van der Waals surface area contributed by atoms with Crippen LogP contribution in [0.5, 0.6) is 0 Å². The fourth-order valence-electron chi connectivity index (χ4n) is 2.26. The summed E-state index contributed by atoms with van der Waals surface area (Å²) in [6.45, 7) is 0.990. The van der Waals surface area contributed by atoms with Crippen molar-refractivity contribution in [2.75, 3.05) is 13.2 Å². The third kappa shape index (κ3) is 6.90. The minimum absolute atomic E-state index is 0.495. The Morgan fingerprint density at radius 2 is 1.09 bits per heavy atom. The van der Waals surface area contributed by atoms with Gasteiger partial charge in [-0.05, 0) is 36.8 Å². The maximum Gasteiger partial charge on any atom is 0.636 e. The molecule has 0 saturated carbocycles. The molecule has 2 aromatic carbocycles. The molecule has 2 rings (SSSR count). The topological polar surface area (TPSA) is 38.7 Å². The lowest BCUT2D eigenvalue weighted by Gasteiger charge is -2.09. The standard InChI is InChI=1S/C18H23BO3/c20-19(21-15-7-13-17-9-3-1-4-10-17)22-16-8-14-18-11-5-2-6-12-18/h1-6,9-12,20H,7-8,13-16H2. The van der Waals surface area contributed by atoms with Gasteiger partial charge in [-0.3, -0.25) is 0 Å². The maximum atomic E-state index is 9.60. The molecular formula is C18H23BO3. The van der Waals surface area contributed by atoms with Crippen molar-refractivity contribution in [3.8, 4) is 0 Å². The summed E-state index contributed by atoms with van der Waals surface area (Å²) < 4.78 is 10.5. The lowest BCUT2D eigenvalue weighted by atomic mass is 10.1. The van der Waals surface area contributed by atoms with Crippen LogP contribution in [-0.4, -0.2) is 25.6 Å². The smallest absolute Gasteiger partial charge is 0.402 e. The number of hydrogen-bond acceptors (Lipinski definition) is 3. The second kappa shape index (κ2) is 10.2. The van der Waals surface area contributed by atoms with Crippen molar-refractivity contribution in [3.63, 3.8) is 0 Å². The Hall–Kier alpha value is -1.62. The predicted molar refractivity (Wildman–Crippen MR) is 89.4 cm³/mol. The van der Waals surface area contributed by atoms with Gasteiger partial charge in [0.05, 0.1) is 0 Å². The highest BCUT2D eigenvalue weighted by atomic mass is 16.7. The molecule has 0 saturated heterocycles. The van der Waals surface area contributed by atoms with E-state index in [2.05, 4.69) is 24.3 Å². The molecule has 22 heavy (non-hydrogen) atoms. The molecule has 2 aromatic rings. The summed E-state index contributed by atoms with van der Waals surface area (Å²) in [6, 6.07) is 20.5. The summed E-state index contributed by atoms with van der Waals surface area (Å²) in [6.07, 6.45) is 3.63. The molecule has 0 aliphatic carbocycles. The zero-order valence-corrected chi connectivity index (χ0v) is 12.9. The monoisotopic (exact) mass is 298 g/mol. The molecule has 0 fully saturated rings. The van der Waals surface area contributed by atoms with Gasteiger partial charge >= 0.3 is 7.32 Å². The number of hydrogen-bond donors (Lipinski definition) is 1. The Morgan fingerprint density at radius 3 is 1.50 bits per heavy atom. The van der Waals surface area contributed by atoms with Gasteiger partial charge in [0.1, 0.15) is 0 Å². The molecule has 0 heterocycles. The molecule has 3 nitrogen and oxygen atoms in total. The zero-order valence-electron chi connectivity index (χ0n) is 12.9. The predicted octanol–water partition coefficient (Wildman–Crippen LogP) is 3.26. The Balaban J connectivity index is 1.48. The summed E-state index contributed by atoms with van der Waals surface area (Å²) in [7, 11) is -1.12. The van der Waals surface area contributed by atoms with Crippen molar-refractivity contribution >= 4 is 7.32 Å². The SMILES string of the molecule is OB(OCCCc1ccccc1)OCCCc1ccccc1. The van der Waals surface area contributed by atoms with E-state index < -0.39 is 7.32 Å². The molecule has 0 unspecified atom stereocenters. The van der Waals surface area contributed by atoms with Crippen LogP contribution < -0.4 is 0 Å². The van der Waals surface area contributed by atoms with Crippen molar-refractivity contribution in [3.05, 3.63) is 71.8 Å². The van der Waals surface area contributed by atoms with Crippen LogP contribution in [0.1, 0.15) is 24.0 Å². The van der Waals surface area contributed by atoms with Gasteiger partial charge in [0, 0.05) is 13.2 Å². The van der Waals surface area contributed by atoms with E-state index in [1.54, 1.807) is 0 Å². The van der Waals surface area contributed by atoms with Crippen LogP contribution in [0.25, 0.3) is 0 Å². The van der Waals surface area contributed by atoms with Crippen LogP contribution in [0.3, 0.4) is 0 Å². The first-order valence-electron chi connectivity index (χ1n) is 7.84. The van der Waals surface area contributed by atoms with Crippen LogP contribution in [0, 0.1) is 0 Å².